The summed E-state index contributed by atoms with van der Waals surface area (Å²) in [5.74, 6) is -3.21. The van der Waals surface area contributed by atoms with Gasteiger partial charge in [0.1, 0.15) is 0 Å². The van der Waals surface area contributed by atoms with Crippen molar-refractivity contribution in [3.8, 4) is 0 Å². The fourth-order valence-electron chi connectivity index (χ4n) is 4.10. The summed E-state index contributed by atoms with van der Waals surface area (Å²) in [6.07, 6.45) is -1.17. The van der Waals surface area contributed by atoms with Crippen LogP contribution in [0.4, 0.5) is 13.6 Å². The Morgan fingerprint density at radius 3 is 2.30 bits per heavy atom. The van der Waals surface area contributed by atoms with Gasteiger partial charge in [0.15, 0.2) is 0 Å². The second-order valence-corrected chi connectivity index (χ2v) is 10.2. The van der Waals surface area contributed by atoms with Crippen LogP contribution in [-0.2, 0) is 10.2 Å². The molecule has 2 aromatic rings. The second-order valence-electron chi connectivity index (χ2n) is 8.13. The first-order valence-corrected chi connectivity index (χ1v) is 12.3. The zero-order chi connectivity index (χ0) is 23.8. The third kappa shape index (κ3) is 5.02. The fourth-order valence-corrected chi connectivity index (χ4v) is 5.33. The lowest BCUT2D eigenvalue weighted by Gasteiger charge is -2.31. The number of carbonyl (C=O) groups excluding carboxylic acids is 1. The molecule has 11 heteroatoms. The van der Waals surface area contributed by atoms with Gasteiger partial charge in [-0.3, -0.25) is 0 Å². The van der Waals surface area contributed by atoms with Crippen molar-refractivity contribution in [2.45, 2.75) is 37.6 Å². The number of hydrogen-bond acceptors (Lipinski definition) is 4. The highest BCUT2D eigenvalue weighted by Gasteiger charge is 2.42. The SMILES string of the molecule is C[C@H]1[C@H](c2ccccc2)C(c2ccc(Cl)cc2)=NN1C(=O)NS(=O)(=O)N1CCC(F)(F)CC1. The summed E-state index contributed by atoms with van der Waals surface area (Å²) >= 11 is 6.01. The average Bonchev–Trinajstić information content (AvgIpc) is 3.11. The molecule has 0 saturated carbocycles. The number of alkyl halides is 2. The van der Waals surface area contributed by atoms with Crippen molar-refractivity contribution in [3.05, 3.63) is 70.7 Å². The number of hydrazone groups is 1. The standard InChI is InChI=1S/C22H23ClF2N4O3S/c1-15-19(16-5-3-2-4-6-16)20(17-7-9-18(23)10-8-17)26-29(15)21(30)27-33(31,32)28-13-11-22(24,25)12-14-28/h2-10,15,19H,11-14H2,1H3,(H,27,30)/t15-,19+/m0/s1. The Labute approximate surface area is 196 Å². The number of halogens is 3. The first-order chi connectivity index (χ1) is 15.6. The van der Waals surface area contributed by atoms with E-state index in [-0.39, 0.29) is 19.0 Å². The average molecular weight is 497 g/mol. The van der Waals surface area contributed by atoms with Gasteiger partial charge in [0.25, 0.3) is 5.92 Å². The smallest absolute Gasteiger partial charge is 0.245 e. The van der Waals surface area contributed by atoms with E-state index in [4.69, 9.17) is 11.6 Å². The molecule has 176 valence electrons. The highest BCUT2D eigenvalue weighted by molar-refractivity contribution is 7.87. The minimum Gasteiger partial charge on any atom is -0.245 e. The van der Waals surface area contributed by atoms with Crippen molar-refractivity contribution >= 4 is 33.6 Å². The molecule has 33 heavy (non-hydrogen) atoms. The Balaban J connectivity index is 1.60. The number of hydrogen-bond donors (Lipinski definition) is 1. The van der Waals surface area contributed by atoms with E-state index >= 15 is 0 Å². The predicted molar refractivity (Wildman–Crippen MR) is 122 cm³/mol. The van der Waals surface area contributed by atoms with E-state index in [0.717, 1.165) is 20.4 Å². The van der Waals surface area contributed by atoms with Gasteiger partial charge in [-0.1, -0.05) is 54.1 Å². The molecule has 2 atom stereocenters. The zero-order valence-electron chi connectivity index (χ0n) is 17.8. The Hall–Kier alpha value is -2.56. The number of nitrogens with zero attached hydrogens (tertiary/aromatic N) is 3. The first kappa shape index (κ1) is 23.6. The molecule has 2 aliphatic heterocycles. The van der Waals surface area contributed by atoms with Crippen molar-refractivity contribution in [1.82, 2.24) is 14.0 Å². The van der Waals surface area contributed by atoms with Crippen molar-refractivity contribution in [3.63, 3.8) is 0 Å². The van der Waals surface area contributed by atoms with E-state index in [1.807, 2.05) is 35.1 Å². The third-order valence-corrected chi connectivity index (χ3v) is 7.62. The maximum atomic E-state index is 13.4. The predicted octanol–water partition coefficient (Wildman–Crippen LogP) is 4.22. The van der Waals surface area contributed by atoms with Gasteiger partial charge in [-0.25, -0.2) is 23.3 Å². The number of amides is 2. The lowest BCUT2D eigenvalue weighted by molar-refractivity contribution is -0.0413. The van der Waals surface area contributed by atoms with Crippen molar-refractivity contribution in [1.29, 1.82) is 0 Å². The highest BCUT2D eigenvalue weighted by atomic mass is 35.5. The quantitative estimate of drug-likeness (QED) is 0.688. The highest BCUT2D eigenvalue weighted by Crippen LogP contribution is 2.35. The van der Waals surface area contributed by atoms with Crippen LogP contribution in [0.5, 0.6) is 0 Å². The minimum absolute atomic E-state index is 0.311. The van der Waals surface area contributed by atoms with Gasteiger partial charge in [0, 0.05) is 31.0 Å². The van der Waals surface area contributed by atoms with Crippen LogP contribution in [0.25, 0.3) is 0 Å². The van der Waals surface area contributed by atoms with Gasteiger partial charge in [-0.05, 0) is 30.2 Å². The fraction of sp³-hybridized carbons (Fsp3) is 0.364. The molecule has 2 aliphatic rings. The molecular weight excluding hydrogens is 474 g/mol. The maximum Gasteiger partial charge on any atom is 0.352 e. The molecule has 0 radical (unpaired) electrons. The van der Waals surface area contributed by atoms with Crippen LogP contribution in [-0.4, -0.2) is 54.5 Å². The lowest BCUT2D eigenvalue weighted by Crippen LogP contribution is -2.52. The zero-order valence-corrected chi connectivity index (χ0v) is 19.4. The molecule has 0 aromatic heterocycles. The third-order valence-electron chi connectivity index (χ3n) is 5.90. The molecule has 2 aromatic carbocycles. The lowest BCUT2D eigenvalue weighted by atomic mass is 9.86. The summed E-state index contributed by atoms with van der Waals surface area (Å²) < 4.78 is 55.0. The van der Waals surface area contributed by atoms with E-state index in [0.29, 0.717) is 10.7 Å². The largest absolute Gasteiger partial charge is 0.352 e. The summed E-state index contributed by atoms with van der Waals surface area (Å²) in [6, 6.07) is 15.0. The van der Waals surface area contributed by atoms with E-state index in [9.17, 15) is 22.0 Å². The molecule has 0 unspecified atom stereocenters. The first-order valence-electron chi connectivity index (χ1n) is 10.5. The summed E-state index contributed by atoms with van der Waals surface area (Å²) in [7, 11) is -4.29. The van der Waals surface area contributed by atoms with Gasteiger partial charge in [0.05, 0.1) is 17.7 Å². The normalized spacial score (nSPS) is 23.3. The number of benzene rings is 2. The van der Waals surface area contributed by atoms with Crippen molar-refractivity contribution < 1.29 is 22.0 Å². The molecular formula is C22H23ClF2N4O3S. The molecule has 2 amide bonds. The van der Waals surface area contributed by atoms with Crippen molar-refractivity contribution in [2.24, 2.45) is 5.10 Å². The molecule has 4 rings (SSSR count). The molecule has 2 heterocycles. The number of piperidine rings is 1. The van der Waals surface area contributed by atoms with E-state index in [1.165, 1.54) is 0 Å². The molecule has 7 nitrogen and oxygen atoms in total. The molecule has 1 saturated heterocycles. The van der Waals surface area contributed by atoms with Gasteiger partial charge in [0.2, 0.25) is 0 Å². The Morgan fingerprint density at radius 2 is 1.70 bits per heavy atom. The van der Waals surface area contributed by atoms with E-state index in [1.54, 1.807) is 31.2 Å². The summed E-state index contributed by atoms with van der Waals surface area (Å²) in [5, 5.41) is 6.12. The van der Waals surface area contributed by atoms with Gasteiger partial charge in [-0.15, -0.1) is 0 Å². The van der Waals surface area contributed by atoms with Crippen LogP contribution < -0.4 is 4.72 Å². The van der Waals surface area contributed by atoms with E-state index in [2.05, 4.69) is 5.10 Å². The topological polar surface area (TPSA) is 82.1 Å². The summed E-state index contributed by atoms with van der Waals surface area (Å²) in [4.78, 5) is 13.0. The summed E-state index contributed by atoms with van der Waals surface area (Å²) in [6.45, 7) is 1.05. The van der Waals surface area contributed by atoms with Crippen molar-refractivity contribution in [2.75, 3.05) is 13.1 Å². The molecule has 0 bridgehead atoms. The molecule has 0 spiro atoms. The van der Waals surface area contributed by atoms with Crippen LogP contribution >= 0.6 is 11.6 Å². The van der Waals surface area contributed by atoms with Gasteiger partial charge in [-0.2, -0.15) is 17.8 Å². The maximum absolute atomic E-state index is 13.4. The van der Waals surface area contributed by atoms with Crippen LogP contribution in [0.15, 0.2) is 59.7 Å². The molecule has 1 fully saturated rings. The Kier molecular flexibility index (Phi) is 6.43. The Morgan fingerprint density at radius 1 is 1.09 bits per heavy atom. The summed E-state index contributed by atoms with van der Waals surface area (Å²) in [5.41, 5.74) is 2.25. The number of nitrogens with one attached hydrogen (secondary N) is 1. The van der Waals surface area contributed by atoms with Gasteiger partial charge < -0.3 is 0 Å². The number of rotatable bonds is 4. The van der Waals surface area contributed by atoms with Crippen LogP contribution in [0.1, 0.15) is 36.8 Å². The van der Waals surface area contributed by atoms with Gasteiger partial charge >= 0.3 is 16.2 Å². The monoisotopic (exact) mass is 496 g/mol. The molecule has 0 aliphatic carbocycles. The Bertz CT molecular complexity index is 1150. The second kappa shape index (κ2) is 9.00. The number of carbonyl (C=O) groups is 1. The molecule has 1 N–H and O–H groups in total. The van der Waals surface area contributed by atoms with Crippen LogP contribution in [0.2, 0.25) is 5.02 Å². The number of urea groups is 1. The minimum atomic E-state index is -4.29. The van der Waals surface area contributed by atoms with E-state index < -0.39 is 41.0 Å². The van der Waals surface area contributed by atoms with Crippen LogP contribution in [0.3, 0.4) is 0 Å². The van der Waals surface area contributed by atoms with Crippen LogP contribution in [0, 0.1) is 0 Å².